The Kier molecular flexibility index (Phi) is 5.85. The van der Waals surface area contributed by atoms with Crippen LogP contribution in [0.5, 0.6) is 0 Å². The zero-order chi connectivity index (χ0) is 18.6. The molecule has 0 spiro atoms. The van der Waals surface area contributed by atoms with E-state index < -0.39 is 10.0 Å². The highest BCUT2D eigenvalue weighted by Crippen LogP contribution is 2.20. The van der Waals surface area contributed by atoms with Gasteiger partial charge in [-0.2, -0.15) is 0 Å². The molecule has 0 heterocycles. The normalized spacial score (nSPS) is 11.2. The lowest BCUT2D eigenvalue weighted by Crippen LogP contribution is -2.33. The second kappa shape index (κ2) is 7.70. The fourth-order valence-corrected chi connectivity index (χ4v) is 3.43. The zero-order valence-electron chi connectivity index (χ0n) is 15.0. The van der Waals surface area contributed by atoms with Crippen molar-refractivity contribution in [2.24, 2.45) is 0 Å². The Bertz CT molecular complexity index is 859. The topological polar surface area (TPSA) is 66.5 Å². The summed E-state index contributed by atoms with van der Waals surface area (Å²) in [6.45, 7) is 5.96. The number of anilines is 2. The van der Waals surface area contributed by atoms with Crippen molar-refractivity contribution >= 4 is 27.3 Å². The Labute approximate surface area is 149 Å². The third-order valence-electron chi connectivity index (χ3n) is 4.14. The third-order valence-corrected chi connectivity index (χ3v) is 5.34. The first kappa shape index (κ1) is 19.0. The summed E-state index contributed by atoms with van der Waals surface area (Å²) in [6.07, 6.45) is 1.23. The highest BCUT2D eigenvalue weighted by molar-refractivity contribution is 7.92. The van der Waals surface area contributed by atoms with Gasteiger partial charge in [-0.25, -0.2) is 8.42 Å². The summed E-state index contributed by atoms with van der Waals surface area (Å²) in [5, 5.41) is 2.86. The Morgan fingerprint density at radius 2 is 1.68 bits per heavy atom. The molecule has 0 aliphatic rings. The molecular formula is C19H24N2O3S. The summed E-state index contributed by atoms with van der Waals surface area (Å²) in [4.78, 5) is 12.3. The molecule has 0 fully saturated rings. The molecule has 1 amide bonds. The van der Waals surface area contributed by atoms with E-state index in [0.717, 1.165) is 28.6 Å². The predicted molar refractivity (Wildman–Crippen MR) is 103 cm³/mol. The number of nitrogens with one attached hydrogen (secondary N) is 1. The smallest absolute Gasteiger partial charge is 0.232 e. The highest BCUT2D eigenvalue weighted by Gasteiger charge is 2.18. The van der Waals surface area contributed by atoms with Crippen molar-refractivity contribution in [2.75, 3.05) is 22.4 Å². The molecule has 0 saturated carbocycles. The number of aryl methyl sites for hydroxylation is 2. The van der Waals surface area contributed by atoms with E-state index in [2.05, 4.69) is 5.32 Å². The van der Waals surface area contributed by atoms with Gasteiger partial charge in [0.2, 0.25) is 15.9 Å². The second-order valence-electron chi connectivity index (χ2n) is 6.22. The average molecular weight is 360 g/mol. The predicted octanol–water partition coefficient (Wildman–Crippen LogP) is 3.41. The van der Waals surface area contributed by atoms with Crippen LogP contribution in [0.1, 0.15) is 23.1 Å². The lowest BCUT2D eigenvalue weighted by Gasteiger charge is -2.22. The minimum absolute atomic E-state index is 0.0777. The molecule has 5 nitrogen and oxygen atoms in total. The average Bonchev–Trinajstić information content (AvgIpc) is 2.52. The van der Waals surface area contributed by atoms with E-state index in [1.54, 1.807) is 12.1 Å². The van der Waals surface area contributed by atoms with Gasteiger partial charge in [-0.15, -0.1) is 0 Å². The molecule has 2 rings (SSSR count). The van der Waals surface area contributed by atoms with Crippen molar-refractivity contribution in [3.8, 4) is 0 Å². The lowest BCUT2D eigenvalue weighted by molar-refractivity contribution is -0.116. The highest BCUT2D eigenvalue weighted by atomic mass is 32.2. The van der Waals surface area contributed by atoms with Gasteiger partial charge in [0.1, 0.15) is 0 Å². The molecule has 0 saturated heterocycles. The SMILES string of the molecule is Cc1ccc(N(CCC(=O)Nc2cccc(C)c2C)S(C)(=O)=O)cc1. The molecule has 0 atom stereocenters. The van der Waals surface area contributed by atoms with Gasteiger partial charge in [-0.3, -0.25) is 9.10 Å². The summed E-state index contributed by atoms with van der Waals surface area (Å²) in [6, 6.07) is 12.9. The van der Waals surface area contributed by atoms with Crippen LogP contribution in [0.4, 0.5) is 11.4 Å². The quantitative estimate of drug-likeness (QED) is 0.858. The van der Waals surface area contributed by atoms with Crippen molar-refractivity contribution < 1.29 is 13.2 Å². The van der Waals surface area contributed by atoms with E-state index in [9.17, 15) is 13.2 Å². The van der Waals surface area contributed by atoms with Gasteiger partial charge < -0.3 is 5.32 Å². The van der Waals surface area contributed by atoms with Crippen LogP contribution in [0.25, 0.3) is 0 Å². The molecule has 25 heavy (non-hydrogen) atoms. The van der Waals surface area contributed by atoms with E-state index in [0.29, 0.717) is 5.69 Å². The van der Waals surface area contributed by atoms with Crippen molar-refractivity contribution in [2.45, 2.75) is 27.2 Å². The first-order valence-electron chi connectivity index (χ1n) is 8.09. The van der Waals surface area contributed by atoms with Crippen LogP contribution in [0.3, 0.4) is 0 Å². The molecule has 0 aliphatic heterocycles. The molecule has 2 aromatic rings. The number of carbonyl (C=O) groups excluding carboxylic acids is 1. The number of hydrogen-bond donors (Lipinski definition) is 1. The molecule has 0 aliphatic carbocycles. The van der Waals surface area contributed by atoms with Crippen molar-refractivity contribution in [1.29, 1.82) is 0 Å². The molecule has 0 aromatic heterocycles. The summed E-state index contributed by atoms with van der Waals surface area (Å²) in [5.41, 5.74) is 4.47. The Hall–Kier alpha value is -2.34. The van der Waals surface area contributed by atoms with Gasteiger partial charge in [-0.05, 0) is 50.1 Å². The maximum atomic E-state index is 12.3. The minimum Gasteiger partial charge on any atom is -0.326 e. The van der Waals surface area contributed by atoms with Gasteiger partial charge in [0.15, 0.2) is 0 Å². The summed E-state index contributed by atoms with van der Waals surface area (Å²) in [5.74, 6) is -0.213. The minimum atomic E-state index is -3.46. The van der Waals surface area contributed by atoms with Crippen LogP contribution in [0, 0.1) is 20.8 Å². The van der Waals surface area contributed by atoms with E-state index in [1.807, 2.05) is 51.1 Å². The molecule has 0 unspecified atom stereocenters. The zero-order valence-corrected chi connectivity index (χ0v) is 15.9. The maximum Gasteiger partial charge on any atom is 0.232 e. The molecule has 2 aromatic carbocycles. The first-order valence-corrected chi connectivity index (χ1v) is 9.94. The lowest BCUT2D eigenvalue weighted by atomic mass is 10.1. The van der Waals surface area contributed by atoms with Gasteiger partial charge >= 0.3 is 0 Å². The van der Waals surface area contributed by atoms with Gasteiger partial charge in [0.05, 0.1) is 11.9 Å². The standard InChI is InChI=1S/C19H24N2O3S/c1-14-8-10-17(11-9-14)21(25(4,23)24)13-12-19(22)20-18-7-5-6-15(2)16(18)3/h5-11H,12-13H2,1-4H3,(H,20,22). The van der Waals surface area contributed by atoms with Gasteiger partial charge in [0.25, 0.3) is 0 Å². The van der Waals surface area contributed by atoms with Crippen molar-refractivity contribution in [3.05, 3.63) is 59.2 Å². The summed E-state index contributed by atoms with van der Waals surface area (Å²) >= 11 is 0. The number of hydrogen-bond acceptors (Lipinski definition) is 3. The van der Waals surface area contributed by atoms with Crippen molar-refractivity contribution in [3.63, 3.8) is 0 Å². The van der Waals surface area contributed by atoms with E-state index >= 15 is 0 Å². The van der Waals surface area contributed by atoms with Crippen LogP contribution in [-0.2, 0) is 14.8 Å². The Balaban J connectivity index is 2.09. The molecule has 0 radical (unpaired) electrons. The second-order valence-corrected chi connectivity index (χ2v) is 8.12. The fourth-order valence-electron chi connectivity index (χ4n) is 2.50. The van der Waals surface area contributed by atoms with Crippen molar-refractivity contribution in [1.82, 2.24) is 0 Å². The van der Waals surface area contributed by atoms with Crippen LogP contribution in [-0.4, -0.2) is 27.1 Å². The van der Waals surface area contributed by atoms with Crippen LogP contribution in [0.2, 0.25) is 0 Å². The number of sulfonamides is 1. The molecular weight excluding hydrogens is 336 g/mol. The van der Waals surface area contributed by atoms with Gasteiger partial charge in [-0.1, -0.05) is 29.8 Å². The van der Waals surface area contributed by atoms with E-state index in [-0.39, 0.29) is 18.9 Å². The Morgan fingerprint density at radius 1 is 1.04 bits per heavy atom. The van der Waals surface area contributed by atoms with Crippen LogP contribution in [0.15, 0.2) is 42.5 Å². The monoisotopic (exact) mass is 360 g/mol. The summed E-state index contributed by atoms with van der Waals surface area (Å²) in [7, 11) is -3.46. The molecule has 134 valence electrons. The number of amides is 1. The number of nitrogens with zero attached hydrogens (tertiary/aromatic N) is 1. The van der Waals surface area contributed by atoms with Crippen LogP contribution >= 0.6 is 0 Å². The van der Waals surface area contributed by atoms with E-state index in [1.165, 1.54) is 4.31 Å². The number of rotatable bonds is 6. The Morgan fingerprint density at radius 3 is 2.28 bits per heavy atom. The summed E-state index contributed by atoms with van der Waals surface area (Å²) < 4.78 is 25.4. The maximum absolute atomic E-state index is 12.3. The first-order chi connectivity index (χ1) is 11.7. The van der Waals surface area contributed by atoms with Crippen LogP contribution < -0.4 is 9.62 Å². The molecule has 0 bridgehead atoms. The molecule has 1 N–H and O–H groups in total. The largest absolute Gasteiger partial charge is 0.326 e. The fraction of sp³-hybridized carbons (Fsp3) is 0.316. The van der Waals surface area contributed by atoms with Gasteiger partial charge in [0, 0.05) is 18.7 Å². The third kappa shape index (κ3) is 5.06. The number of carbonyl (C=O) groups is 1. The number of benzene rings is 2. The molecule has 6 heteroatoms. The van der Waals surface area contributed by atoms with E-state index in [4.69, 9.17) is 0 Å².